The van der Waals surface area contributed by atoms with Crippen LogP contribution in [0.15, 0.2) is 11.1 Å². The number of aryl methyl sites for hydroxylation is 3. The van der Waals surface area contributed by atoms with Crippen LogP contribution in [0.25, 0.3) is 0 Å². The van der Waals surface area contributed by atoms with Crippen LogP contribution in [0.5, 0.6) is 0 Å². The van der Waals surface area contributed by atoms with Gasteiger partial charge in [-0.3, -0.25) is 4.79 Å². The van der Waals surface area contributed by atoms with E-state index in [1.807, 2.05) is 6.07 Å². The third-order valence-electron chi connectivity index (χ3n) is 5.38. The van der Waals surface area contributed by atoms with Crippen molar-refractivity contribution >= 4 is 40.0 Å². The summed E-state index contributed by atoms with van der Waals surface area (Å²) in [6.07, 6.45) is 6.85. The third-order valence-corrected chi connectivity index (χ3v) is 7.58. The van der Waals surface area contributed by atoms with Gasteiger partial charge in [0.25, 0.3) is 0 Å². The normalized spacial score (nSPS) is 14.5. The molecule has 0 aromatic carbocycles. The van der Waals surface area contributed by atoms with Crippen molar-refractivity contribution in [2.75, 3.05) is 17.7 Å². The first-order valence-electron chi connectivity index (χ1n) is 10.3. The molecule has 0 fully saturated rings. The topological polar surface area (TPSA) is 92.1 Å². The molecule has 156 valence electrons. The Morgan fingerprint density at radius 1 is 1.27 bits per heavy atom. The first kappa shape index (κ1) is 20.9. The van der Waals surface area contributed by atoms with Crippen LogP contribution in [0.1, 0.15) is 63.8 Å². The molecule has 8 heteroatoms. The summed E-state index contributed by atoms with van der Waals surface area (Å²) < 4.78 is 5.24. The van der Waals surface area contributed by atoms with Gasteiger partial charge in [0.15, 0.2) is 0 Å². The highest BCUT2D eigenvalue weighted by molar-refractivity contribution is 8.00. The second-order valence-electron chi connectivity index (χ2n) is 7.38. The number of aromatic nitrogens is 1. The summed E-state index contributed by atoms with van der Waals surface area (Å²) in [6, 6.07) is 4.10. The highest BCUT2D eigenvalue weighted by Gasteiger charge is 2.27. The summed E-state index contributed by atoms with van der Waals surface area (Å²) >= 11 is 2.75. The molecule has 1 amide bonds. The van der Waals surface area contributed by atoms with Gasteiger partial charge in [0.05, 0.1) is 23.5 Å². The zero-order valence-corrected chi connectivity index (χ0v) is 18.5. The van der Waals surface area contributed by atoms with Crippen LogP contribution in [0, 0.1) is 11.3 Å². The third kappa shape index (κ3) is 4.23. The molecular weight excluding hydrogens is 418 g/mol. The molecule has 2 heterocycles. The largest absolute Gasteiger partial charge is 0.462 e. The standard InChI is InChI=1S/C22H23N3O3S2/c1-2-28-22(27)19-15-7-3-4-9-17(15)30-21(19)25-18(26)12-29-20-14(11-23)10-13-6-5-8-16(13)24-20/h10H,2-9,12H2,1H3,(H,25,26). The lowest BCUT2D eigenvalue weighted by Gasteiger charge is -2.12. The zero-order chi connectivity index (χ0) is 21.1. The molecule has 2 aliphatic rings. The van der Waals surface area contributed by atoms with E-state index in [1.165, 1.54) is 28.0 Å². The van der Waals surface area contributed by atoms with E-state index in [2.05, 4.69) is 16.4 Å². The number of hydrogen-bond donors (Lipinski definition) is 1. The summed E-state index contributed by atoms with van der Waals surface area (Å²) in [4.78, 5) is 31.0. The Balaban J connectivity index is 1.49. The molecule has 0 aliphatic heterocycles. The Morgan fingerprint density at radius 3 is 2.90 bits per heavy atom. The first-order chi connectivity index (χ1) is 14.6. The molecular formula is C22H23N3O3S2. The summed E-state index contributed by atoms with van der Waals surface area (Å²) in [5, 5.41) is 13.5. The quantitative estimate of drug-likeness (QED) is 0.531. The van der Waals surface area contributed by atoms with Crippen molar-refractivity contribution in [3.05, 3.63) is 38.9 Å². The van der Waals surface area contributed by atoms with Crippen molar-refractivity contribution < 1.29 is 14.3 Å². The van der Waals surface area contributed by atoms with Crippen molar-refractivity contribution in [3.63, 3.8) is 0 Å². The van der Waals surface area contributed by atoms with Gasteiger partial charge in [0.2, 0.25) is 5.91 Å². The number of rotatable bonds is 6. The number of nitrogens with zero attached hydrogens (tertiary/aromatic N) is 2. The van der Waals surface area contributed by atoms with Crippen LogP contribution in [-0.2, 0) is 35.2 Å². The monoisotopic (exact) mass is 441 g/mol. The lowest BCUT2D eigenvalue weighted by molar-refractivity contribution is -0.113. The molecule has 0 unspecified atom stereocenters. The molecule has 0 atom stereocenters. The Hall–Kier alpha value is -2.37. The van der Waals surface area contributed by atoms with Crippen molar-refractivity contribution in [1.29, 1.82) is 5.26 Å². The second-order valence-corrected chi connectivity index (χ2v) is 9.45. The average Bonchev–Trinajstić information content (AvgIpc) is 3.34. The van der Waals surface area contributed by atoms with E-state index in [-0.39, 0.29) is 17.6 Å². The second kappa shape index (κ2) is 9.19. The smallest absolute Gasteiger partial charge is 0.341 e. The van der Waals surface area contributed by atoms with E-state index in [0.717, 1.165) is 61.8 Å². The molecule has 2 aromatic rings. The minimum absolute atomic E-state index is 0.130. The first-order valence-corrected chi connectivity index (χ1v) is 12.1. The number of carbonyl (C=O) groups is 2. The SMILES string of the molecule is CCOC(=O)c1c(NC(=O)CSc2nc3c(cc2C#N)CCC3)sc2c1CCCC2. The Labute approximate surface area is 184 Å². The van der Waals surface area contributed by atoms with Crippen molar-refractivity contribution in [3.8, 4) is 6.07 Å². The van der Waals surface area contributed by atoms with Crippen LogP contribution < -0.4 is 5.32 Å². The maximum absolute atomic E-state index is 12.7. The van der Waals surface area contributed by atoms with Gasteiger partial charge in [-0.15, -0.1) is 11.3 Å². The number of nitriles is 1. The van der Waals surface area contributed by atoms with E-state index < -0.39 is 0 Å². The molecule has 0 bridgehead atoms. The molecule has 0 radical (unpaired) electrons. The van der Waals surface area contributed by atoms with Gasteiger partial charge < -0.3 is 10.1 Å². The summed E-state index contributed by atoms with van der Waals surface area (Å²) in [5.74, 6) is -0.451. The Bertz CT molecular complexity index is 1040. The molecule has 4 rings (SSSR count). The predicted octanol–water partition coefficient (Wildman–Crippen LogP) is 4.29. The van der Waals surface area contributed by atoms with Crippen molar-refractivity contribution in [2.24, 2.45) is 0 Å². The highest BCUT2D eigenvalue weighted by atomic mass is 32.2. The van der Waals surface area contributed by atoms with E-state index in [0.29, 0.717) is 27.8 Å². The fourth-order valence-electron chi connectivity index (χ4n) is 4.01. The number of fused-ring (bicyclic) bond motifs is 2. The molecule has 0 saturated heterocycles. The number of thiophene rings is 1. The van der Waals surface area contributed by atoms with Crippen LogP contribution in [0.3, 0.4) is 0 Å². The zero-order valence-electron chi connectivity index (χ0n) is 16.9. The Morgan fingerprint density at radius 2 is 2.10 bits per heavy atom. The van der Waals surface area contributed by atoms with Crippen molar-refractivity contribution in [1.82, 2.24) is 4.98 Å². The minimum atomic E-state index is -0.369. The van der Waals surface area contributed by atoms with Crippen LogP contribution in [0.4, 0.5) is 5.00 Å². The highest BCUT2D eigenvalue weighted by Crippen LogP contribution is 2.39. The number of esters is 1. The van der Waals surface area contributed by atoms with E-state index in [1.54, 1.807) is 6.92 Å². The maximum atomic E-state index is 12.7. The van der Waals surface area contributed by atoms with E-state index in [4.69, 9.17) is 4.74 Å². The number of nitrogens with one attached hydrogen (secondary N) is 1. The lowest BCUT2D eigenvalue weighted by atomic mass is 9.95. The van der Waals surface area contributed by atoms with E-state index >= 15 is 0 Å². The summed E-state index contributed by atoms with van der Waals surface area (Å²) in [7, 11) is 0. The van der Waals surface area contributed by atoms with Gasteiger partial charge in [-0.05, 0) is 69.1 Å². The fraction of sp³-hybridized carbons (Fsp3) is 0.455. The average molecular weight is 442 g/mol. The molecule has 2 aliphatic carbocycles. The van der Waals surface area contributed by atoms with Gasteiger partial charge in [0.1, 0.15) is 16.1 Å². The van der Waals surface area contributed by atoms with Crippen molar-refractivity contribution in [2.45, 2.75) is 56.9 Å². The number of hydrogen-bond acceptors (Lipinski definition) is 7. The van der Waals surface area contributed by atoms with Gasteiger partial charge in [-0.25, -0.2) is 9.78 Å². The summed E-state index contributed by atoms with van der Waals surface area (Å²) in [5.41, 5.74) is 4.24. The molecule has 30 heavy (non-hydrogen) atoms. The molecule has 0 spiro atoms. The molecule has 1 N–H and O–H groups in total. The van der Waals surface area contributed by atoms with Crippen LogP contribution >= 0.6 is 23.1 Å². The number of carbonyl (C=O) groups excluding carboxylic acids is 2. The molecule has 2 aromatic heterocycles. The lowest BCUT2D eigenvalue weighted by Crippen LogP contribution is -2.17. The van der Waals surface area contributed by atoms with Gasteiger partial charge in [0, 0.05) is 10.6 Å². The number of anilines is 1. The summed E-state index contributed by atoms with van der Waals surface area (Å²) in [6.45, 7) is 2.08. The number of thioether (sulfide) groups is 1. The molecule has 6 nitrogen and oxygen atoms in total. The minimum Gasteiger partial charge on any atom is -0.462 e. The number of amides is 1. The maximum Gasteiger partial charge on any atom is 0.341 e. The van der Waals surface area contributed by atoms with Gasteiger partial charge in [-0.1, -0.05) is 11.8 Å². The van der Waals surface area contributed by atoms with Crippen LogP contribution in [-0.4, -0.2) is 29.2 Å². The van der Waals surface area contributed by atoms with Gasteiger partial charge >= 0.3 is 5.97 Å². The van der Waals surface area contributed by atoms with Crippen LogP contribution in [0.2, 0.25) is 0 Å². The fourth-order valence-corrected chi connectivity index (χ4v) is 6.08. The Kier molecular flexibility index (Phi) is 6.40. The molecule has 0 saturated carbocycles. The van der Waals surface area contributed by atoms with Gasteiger partial charge in [-0.2, -0.15) is 5.26 Å². The number of pyridine rings is 1. The van der Waals surface area contributed by atoms with E-state index in [9.17, 15) is 14.9 Å². The predicted molar refractivity (Wildman–Crippen MR) is 117 cm³/mol. The number of ether oxygens (including phenoxy) is 1.